The molecule has 0 aromatic heterocycles. The number of halogens is 1. The largest absolute Gasteiger partial charge is 0.478 e. The van der Waals surface area contributed by atoms with Crippen LogP contribution in [0.15, 0.2) is 22.7 Å². The van der Waals surface area contributed by atoms with Gasteiger partial charge in [-0.15, -0.1) is 0 Å². The van der Waals surface area contributed by atoms with Gasteiger partial charge in [0.2, 0.25) is 5.91 Å². The number of carbonyl (C=O) groups excluding carboxylic acids is 1. The summed E-state index contributed by atoms with van der Waals surface area (Å²) < 4.78 is 5.77. The number of amides is 1. The standard InChI is InChI=1S/C12H14BrNO4/c1-7(2)18-6-11(15)14-10-4-3-8(13)5-9(10)12(16)17/h3-5,7H,6H2,1-2H3,(H,14,15)(H,16,17). The van der Waals surface area contributed by atoms with E-state index in [9.17, 15) is 9.59 Å². The molecule has 5 nitrogen and oxygen atoms in total. The SMILES string of the molecule is CC(C)OCC(=O)Nc1ccc(Br)cc1C(=O)O. The summed E-state index contributed by atoms with van der Waals surface area (Å²) in [4.78, 5) is 22.6. The van der Waals surface area contributed by atoms with Crippen LogP contribution < -0.4 is 5.32 Å². The lowest BCUT2D eigenvalue weighted by Gasteiger charge is -2.10. The molecule has 0 aliphatic heterocycles. The number of carboxylic acid groups (broad SMARTS) is 1. The van der Waals surface area contributed by atoms with Crippen molar-refractivity contribution in [2.45, 2.75) is 20.0 Å². The molecule has 1 aromatic carbocycles. The molecule has 0 heterocycles. The van der Waals surface area contributed by atoms with Crippen LogP contribution in [-0.4, -0.2) is 29.7 Å². The summed E-state index contributed by atoms with van der Waals surface area (Å²) in [7, 11) is 0. The van der Waals surface area contributed by atoms with Crippen molar-refractivity contribution < 1.29 is 19.4 Å². The molecule has 0 saturated carbocycles. The fourth-order valence-corrected chi connectivity index (χ4v) is 1.59. The Bertz CT molecular complexity index is 459. The van der Waals surface area contributed by atoms with Gasteiger partial charge in [0.05, 0.1) is 17.4 Å². The van der Waals surface area contributed by atoms with Gasteiger partial charge in [-0.05, 0) is 32.0 Å². The maximum Gasteiger partial charge on any atom is 0.337 e. The van der Waals surface area contributed by atoms with Crippen molar-refractivity contribution >= 4 is 33.5 Å². The zero-order valence-electron chi connectivity index (χ0n) is 10.1. The monoisotopic (exact) mass is 315 g/mol. The molecule has 0 atom stereocenters. The van der Waals surface area contributed by atoms with Crippen molar-refractivity contribution in [2.24, 2.45) is 0 Å². The molecule has 0 saturated heterocycles. The first-order chi connectivity index (χ1) is 8.40. The van der Waals surface area contributed by atoms with Crippen LogP contribution in [0, 0.1) is 0 Å². The van der Waals surface area contributed by atoms with E-state index in [4.69, 9.17) is 9.84 Å². The number of benzene rings is 1. The van der Waals surface area contributed by atoms with E-state index in [1.54, 1.807) is 6.07 Å². The van der Waals surface area contributed by atoms with Gasteiger partial charge in [-0.25, -0.2) is 4.79 Å². The van der Waals surface area contributed by atoms with E-state index in [1.165, 1.54) is 12.1 Å². The van der Waals surface area contributed by atoms with Crippen LogP contribution in [0.4, 0.5) is 5.69 Å². The summed E-state index contributed by atoms with van der Waals surface area (Å²) in [5, 5.41) is 11.5. The first-order valence-electron chi connectivity index (χ1n) is 5.34. The highest BCUT2D eigenvalue weighted by Gasteiger charge is 2.13. The average Bonchev–Trinajstić information content (AvgIpc) is 2.28. The molecule has 1 amide bonds. The van der Waals surface area contributed by atoms with Gasteiger partial charge in [-0.3, -0.25) is 4.79 Å². The van der Waals surface area contributed by atoms with E-state index in [-0.39, 0.29) is 29.9 Å². The van der Waals surface area contributed by atoms with Crippen LogP contribution in [0.25, 0.3) is 0 Å². The minimum Gasteiger partial charge on any atom is -0.478 e. The fourth-order valence-electron chi connectivity index (χ4n) is 1.23. The van der Waals surface area contributed by atoms with Gasteiger partial charge in [0, 0.05) is 4.47 Å². The van der Waals surface area contributed by atoms with E-state index in [0.717, 1.165) is 0 Å². The number of carboxylic acids is 1. The number of anilines is 1. The molecule has 1 rings (SSSR count). The molecule has 0 aliphatic rings. The Morgan fingerprint density at radius 3 is 2.67 bits per heavy atom. The van der Waals surface area contributed by atoms with Gasteiger partial charge < -0.3 is 15.2 Å². The van der Waals surface area contributed by atoms with Crippen LogP contribution in [0.3, 0.4) is 0 Å². The summed E-state index contributed by atoms with van der Waals surface area (Å²) in [5.41, 5.74) is 0.283. The highest BCUT2D eigenvalue weighted by atomic mass is 79.9. The molecule has 1 aromatic rings. The summed E-state index contributed by atoms with van der Waals surface area (Å²) in [6.07, 6.45) is -0.0559. The van der Waals surface area contributed by atoms with Gasteiger partial charge >= 0.3 is 5.97 Å². The molecular formula is C12H14BrNO4. The van der Waals surface area contributed by atoms with Crippen LogP contribution in [-0.2, 0) is 9.53 Å². The molecule has 0 aliphatic carbocycles. The third kappa shape index (κ3) is 4.46. The second-order valence-corrected chi connectivity index (χ2v) is 4.82. The lowest BCUT2D eigenvalue weighted by molar-refractivity contribution is -0.121. The second-order valence-electron chi connectivity index (χ2n) is 3.90. The van der Waals surface area contributed by atoms with Crippen molar-refractivity contribution in [1.29, 1.82) is 0 Å². The minimum atomic E-state index is -1.10. The molecule has 6 heteroatoms. The Morgan fingerprint density at radius 2 is 2.11 bits per heavy atom. The second kappa shape index (κ2) is 6.51. The van der Waals surface area contributed by atoms with Crippen molar-refractivity contribution in [3.63, 3.8) is 0 Å². The third-order valence-corrected chi connectivity index (χ3v) is 2.53. The highest BCUT2D eigenvalue weighted by molar-refractivity contribution is 9.10. The average molecular weight is 316 g/mol. The van der Waals surface area contributed by atoms with Gasteiger partial charge in [0.15, 0.2) is 0 Å². The topological polar surface area (TPSA) is 75.6 Å². The van der Waals surface area contributed by atoms with Gasteiger partial charge in [0.1, 0.15) is 6.61 Å². The van der Waals surface area contributed by atoms with E-state index < -0.39 is 5.97 Å². The maximum atomic E-state index is 11.5. The summed E-state index contributed by atoms with van der Waals surface area (Å²) in [6.45, 7) is 3.53. The number of hydrogen-bond donors (Lipinski definition) is 2. The van der Waals surface area contributed by atoms with Crippen LogP contribution in [0.5, 0.6) is 0 Å². The van der Waals surface area contributed by atoms with Crippen LogP contribution in [0.2, 0.25) is 0 Å². The third-order valence-electron chi connectivity index (χ3n) is 2.03. The Hall–Kier alpha value is -1.40. The van der Waals surface area contributed by atoms with E-state index in [0.29, 0.717) is 4.47 Å². The number of hydrogen-bond acceptors (Lipinski definition) is 3. The number of rotatable bonds is 5. The molecule has 18 heavy (non-hydrogen) atoms. The predicted octanol–water partition coefficient (Wildman–Crippen LogP) is 2.51. The maximum absolute atomic E-state index is 11.5. The quantitative estimate of drug-likeness (QED) is 0.875. The van der Waals surface area contributed by atoms with Crippen LogP contribution in [0.1, 0.15) is 24.2 Å². The lowest BCUT2D eigenvalue weighted by Crippen LogP contribution is -2.21. The minimum absolute atomic E-state index is 0.0299. The molecule has 0 radical (unpaired) electrons. The fraction of sp³-hybridized carbons (Fsp3) is 0.333. The zero-order valence-corrected chi connectivity index (χ0v) is 11.7. The smallest absolute Gasteiger partial charge is 0.337 e. The Balaban J connectivity index is 2.78. The number of nitrogens with one attached hydrogen (secondary N) is 1. The van der Waals surface area contributed by atoms with Crippen molar-refractivity contribution in [3.05, 3.63) is 28.2 Å². The Kier molecular flexibility index (Phi) is 5.30. The van der Waals surface area contributed by atoms with E-state index in [1.807, 2.05) is 13.8 Å². The molecule has 2 N–H and O–H groups in total. The highest BCUT2D eigenvalue weighted by Crippen LogP contribution is 2.21. The molecule has 0 unspecified atom stereocenters. The first kappa shape index (κ1) is 14.7. The molecule has 98 valence electrons. The summed E-state index contributed by atoms with van der Waals surface area (Å²) >= 11 is 3.18. The number of ether oxygens (including phenoxy) is 1. The normalized spacial score (nSPS) is 10.4. The van der Waals surface area contributed by atoms with Crippen molar-refractivity contribution in [1.82, 2.24) is 0 Å². The van der Waals surface area contributed by atoms with Gasteiger partial charge in [-0.2, -0.15) is 0 Å². The van der Waals surface area contributed by atoms with Crippen molar-refractivity contribution in [3.8, 4) is 0 Å². The number of aromatic carboxylic acids is 1. The van der Waals surface area contributed by atoms with Crippen LogP contribution >= 0.6 is 15.9 Å². The van der Waals surface area contributed by atoms with Gasteiger partial charge in [0.25, 0.3) is 0 Å². The predicted molar refractivity (Wildman–Crippen MR) is 70.8 cm³/mol. The molecule has 0 bridgehead atoms. The zero-order chi connectivity index (χ0) is 13.7. The number of carbonyl (C=O) groups is 2. The summed E-state index contributed by atoms with van der Waals surface area (Å²) in [5.74, 6) is -1.48. The Morgan fingerprint density at radius 1 is 1.44 bits per heavy atom. The van der Waals surface area contributed by atoms with E-state index in [2.05, 4.69) is 21.2 Å². The Labute approximate surface area is 113 Å². The first-order valence-corrected chi connectivity index (χ1v) is 6.13. The molecule has 0 spiro atoms. The van der Waals surface area contributed by atoms with E-state index >= 15 is 0 Å². The summed E-state index contributed by atoms with van der Waals surface area (Å²) in [6, 6.07) is 4.62. The van der Waals surface area contributed by atoms with Gasteiger partial charge in [-0.1, -0.05) is 15.9 Å². The lowest BCUT2D eigenvalue weighted by atomic mass is 10.2. The molecular weight excluding hydrogens is 302 g/mol. The van der Waals surface area contributed by atoms with Crippen molar-refractivity contribution in [2.75, 3.05) is 11.9 Å². The molecule has 0 fully saturated rings.